The van der Waals surface area contributed by atoms with Crippen LogP contribution in [0.2, 0.25) is 0 Å². The van der Waals surface area contributed by atoms with Crippen molar-refractivity contribution in [2.24, 2.45) is 0 Å². The smallest absolute Gasteiger partial charge is 0.354 e. The molecule has 1 amide bonds. The number of amides is 1. The van der Waals surface area contributed by atoms with Crippen molar-refractivity contribution in [3.63, 3.8) is 0 Å². The fourth-order valence-electron chi connectivity index (χ4n) is 0.990. The maximum Gasteiger partial charge on any atom is 0.354 e. The lowest BCUT2D eigenvalue weighted by Gasteiger charge is -2.11. The SMILES string of the molecule is COC(NC(=O)Cc1cccs1)C(=O)O. The lowest BCUT2D eigenvalue weighted by Crippen LogP contribution is -2.42. The normalized spacial score (nSPS) is 12.1. The molecule has 0 saturated carbocycles. The van der Waals surface area contributed by atoms with E-state index >= 15 is 0 Å². The first kappa shape index (κ1) is 11.7. The third-order valence-electron chi connectivity index (χ3n) is 1.67. The van der Waals surface area contributed by atoms with Crippen molar-refractivity contribution in [3.05, 3.63) is 22.4 Å². The minimum absolute atomic E-state index is 0.171. The molecule has 0 aliphatic heterocycles. The van der Waals surface area contributed by atoms with Crippen LogP contribution in [0.15, 0.2) is 17.5 Å². The lowest BCUT2D eigenvalue weighted by atomic mass is 10.3. The fraction of sp³-hybridized carbons (Fsp3) is 0.333. The highest BCUT2D eigenvalue weighted by atomic mass is 32.1. The summed E-state index contributed by atoms with van der Waals surface area (Å²) in [5.74, 6) is -1.58. The first-order chi connectivity index (χ1) is 7.13. The van der Waals surface area contributed by atoms with E-state index in [1.54, 1.807) is 0 Å². The standard InChI is InChI=1S/C9H11NO4S/c1-14-8(9(12)13)10-7(11)5-6-3-2-4-15-6/h2-4,8H,5H2,1H3,(H,10,11)(H,12,13). The summed E-state index contributed by atoms with van der Waals surface area (Å²) in [5, 5.41) is 12.7. The highest BCUT2D eigenvalue weighted by Crippen LogP contribution is 2.08. The molecule has 0 bridgehead atoms. The number of carboxylic acid groups (broad SMARTS) is 1. The van der Waals surface area contributed by atoms with Gasteiger partial charge in [0.1, 0.15) is 0 Å². The zero-order valence-electron chi connectivity index (χ0n) is 8.10. The van der Waals surface area contributed by atoms with Crippen LogP contribution >= 0.6 is 11.3 Å². The molecule has 2 N–H and O–H groups in total. The van der Waals surface area contributed by atoms with Gasteiger partial charge in [0.2, 0.25) is 12.1 Å². The molecule has 6 heteroatoms. The zero-order valence-corrected chi connectivity index (χ0v) is 8.91. The second-order valence-corrected chi connectivity index (χ2v) is 3.81. The van der Waals surface area contributed by atoms with E-state index in [0.29, 0.717) is 0 Å². The number of aliphatic carboxylic acids is 1. The maximum absolute atomic E-state index is 11.3. The number of thiophene rings is 1. The molecule has 0 aliphatic rings. The predicted octanol–water partition coefficient (Wildman–Crippen LogP) is 0.464. The third-order valence-corrected chi connectivity index (χ3v) is 2.54. The number of nitrogens with one attached hydrogen (secondary N) is 1. The average molecular weight is 229 g/mol. The van der Waals surface area contributed by atoms with Crippen molar-refractivity contribution in [1.29, 1.82) is 0 Å². The number of carboxylic acids is 1. The molecule has 1 rings (SSSR count). The van der Waals surface area contributed by atoms with E-state index in [0.717, 1.165) is 4.88 Å². The number of methoxy groups -OCH3 is 1. The van der Waals surface area contributed by atoms with E-state index in [4.69, 9.17) is 5.11 Å². The predicted molar refractivity (Wildman–Crippen MR) is 54.6 cm³/mol. The second kappa shape index (κ2) is 5.47. The van der Waals surface area contributed by atoms with Gasteiger partial charge in [-0.1, -0.05) is 6.07 Å². The molecule has 1 unspecified atom stereocenters. The minimum atomic E-state index is -1.28. The molecule has 0 aromatic carbocycles. The molecule has 1 heterocycles. The highest BCUT2D eigenvalue weighted by molar-refractivity contribution is 7.10. The fourth-order valence-corrected chi connectivity index (χ4v) is 1.69. The van der Waals surface area contributed by atoms with Crippen molar-refractivity contribution in [3.8, 4) is 0 Å². The number of rotatable bonds is 5. The second-order valence-electron chi connectivity index (χ2n) is 2.78. The Bertz CT molecular complexity index is 336. The van der Waals surface area contributed by atoms with Crippen LogP contribution in [0.5, 0.6) is 0 Å². The monoisotopic (exact) mass is 229 g/mol. The number of carbonyl (C=O) groups is 2. The molecule has 15 heavy (non-hydrogen) atoms. The summed E-state index contributed by atoms with van der Waals surface area (Å²) >= 11 is 1.45. The van der Waals surface area contributed by atoms with Gasteiger partial charge in [0.25, 0.3) is 0 Å². The van der Waals surface area contributed by atoms with Crippen LogP contribution < -0.4 is 5.32 Å². The van der Waals surface area contributed by atoms with Gasteiger partial charge in [0, 0.05) is 12.0 Å². The van der Waals surface area contributed by atoms with Crippen LogP contribution in [0.4, 0.5) is 0 Å². The average Bonchev–Trinajstić information content (AvgIpc) is 2.66. The van der Waals surface area contributed by atoms with E-state index in [1.165, 1.54) is 18.4 Å². The zero-order chi connectivity index (χ0) is 11.3. The molecule has 0 radical (unpaired) electrons. The van der Waals surface area contributed by atoms with E-state index in [9.17, 15) is 9.59 Å². The molecule has 82 valence electrons. The van der Waals surface area contributed by atoms with Crippen LogP contribution in [0, 0.1) is 0 Å². The molecular formula is C9H11NO4S. The Labute approximate surface area is 90.7 Å². The molecular weight excluding hydrogens is 218 g/mol. The molecule has 0 aliphatic carbocycles. The van der Waals surface area contributed by atoms with Crippen molar-refractivity contribution in [2.45, 2.75) is 12.6 Å². The molecule has 0 fully saturated rings. The summed E-state index contributed by atoms with van der Waals surface area (Å²) in [6, 6.07) is 3.64. The Kier molecular flexibility index (Phi) is 4.26. The number of ether oxygens (including phenoxy) is 1. The quantitative estimate of drug-likeness (QED) is 0.719. The van der Waals surface area contributed by atoms with Crippen molar-refractivity contribution in [1.82, 2.24) is 5.32 Å². The molecule has 0 saturated heterocycles. The third kappa shape index (κ3) is 3.69. The van der Waals surface area contributed by atoms with Gasteiger partial charge in [-0.3, -0.25) is 4.79 Å². The Hall–Kier alpha value is -1.40. The van der Waals surface area contributed by atoms with Crippen molar-refractivity contribution >= 4 is 23.2 Å². The van der Waals surface area contributed by atoms with Gasteiger partial charge in [-0.15, -0.1) is 11.3 Å². The minimum Gasteiger partial charge on any atom is -0.478 e. The largest absolute Gasteiger partial charge is 0.478 e. The lowest BCUT2D eigenvalue weighted by molar-refractivity contribution is -0.153. The van der Waals surface area contributed by atoms with Gasteiger partial charge in [-0.25, -0.2) is 4.79 Å². The van der Waals surface area contributed by atoms with Crippen LogP contribution in [0.1, 0.15) is 4.88 Å². The number of hydrogen-bond donors (Lipinski definition) is 2. The van der Waals surface area contributed by atoms with Gasteiger partial charge in [-0.05, 0) is 11.4 Å². The van der Waals surface area contributed by atoms with Gasteiger partial charge in [0.15, 0.2) is 0 Å². The summed E-state index contributed by atoms with van der Waals surface area (Å²) in [5.41, 5.74) is 0. The Morgan fingerprint density at radius 1 is 1.67 bits per heavy atom. The van der Waals surface area contributed by atoms with Crippen LogP contribution in [-0.4, -0.2) is 30.3 Å². The van der Waals surface area contributed by atoms with Crippen molar-refractivity contribution < 1.29 is 19.4 Å². The van der Waals surface area contributed by atoms with Crippen molar-refractivity contribution in [2.75, 3.05) is 7.11 Å². The van der Waals surface area contributed by atoms with Gasteiger partial charge < -0.3 is 15.2 Å². The Morgan fingerprint density at radius 3 is 2.87 bits per heavy atom. The van der Waals surface area contributed by atoms with Crippen LogP contribution in [0.3, 0.4) is 0 Å². The molecule has 5 nitrogen and oxygen atoms in total. The summed E-state index contributed by atoms with van der Waals surface area (Å²) in [6.07, 6.45) is -1.11. The summed E-state index contributed by atoms with van der Waals surface area (Å²) in [7, 11) is 1.23. The van der Waals surface area contributed by atoms with Gasteiger partial charge in [-0.2, -0.15) is 0 Å². The van der Waals surface area contributed by atoms with Gasteiger partial charge in [0.05, 0.1) is 6.42 Å². The first-order valence-corrected chi connectivity index (χ1v) is 5.09. The van der Waals surface area contributed by atoms with E-state index in [1.807, 2.05) is 17.5 Å². The van der Waals surface area contributed by atoms with Crippen LogP contribution in [0.25, 0.3) is 0 Å². The maximum atomic E-state index is 11.3. The van der Waals surface area contributed by atoms with E-state index in [-0.39, 0.29) is 12.3 Å². The molecule has 1 atom stereocenters. The summed E-state index contributed by atoms with van der Waals surface area (Å²) in [6.45, 7) is 0. The molecule has 0 spiro atoms. The van der Waals surface area contributed by atoms with Crippen LogP contribution in [-0.2, 0) is 20.7 Å². The van der Waals surface area contributed by atoms with E-state index in [2.05, 4.69) is 10.1 Å². The Balaban J connectivity index is 2.45. The topological polar surface area (TPSA) is 75.6 Å². The first-order valence-electron chi connectivity index (χ1n) is 4.21. The molecule has 1 aromatic heterocycles. The molecule has 1 aromatic rings. The van der Waals surface area contributed by atoms with E-state index < -0.39 is 12.2 Å². The highest BCUT2D eigenvalue weighted by Gasteiger charge is 2.18. The van der Waals surface area contributed by atoms with Gasteiger partial charge >= 0.3 is 5.97 Å². The summed E-state index contributed by atoms with van der Waals surface area (Å²) in [4.78, 5) is 22.7. The number of carbonyl (C=O) groups excluding carboxylic acids is 1. The number of hydrogen-bond acceptors (Lipinski definition) is 4. The summed E-state index contributed by atoms with van der Waals surface area (Å²) < 4.78 is 4.57. The Morgan fingerprint density at radius 2 is 2.40 bits per heavy atom.